The van der Waals surface area contributed by atoms with Gasteiger partial charge in [-0.05, 0) is 35.6 Å². The third-order valence-corrected chi connectivity index (χ3v) is 5.85. The normalized spacial score (nSPS) is 20.4. The number of aliphatic imine (C=N–C) groups is 1. The summed E-state index contributed by atoms with van der Waals surface area (Å²) in [6.45, 7) is 2.25. The van der Waals surface area contributed by atoms with Crippen molar-refractivity contribution in [1.29, 1.82) is 0 Å². The number of carbonyl (C=O) groups is 1. The molecular weight excluding hydrogens is 303 g/mol. The lowest BCUT2D eigenvalue weighted by molar-refractivity contribution is -0.132. The second-order valence-corrected chi connectivity index (χ2v) is 7.21. The quantitative estimate of drug-likeness (QED) is 0.829. The minimum atomic E-state index is -4.17. The van der Waals surface area contributed by atoms with Crippen LogP contribution in [0.5, 0.6) is 0 Å². The summed E-state index contributed by atoms with van der Waals surface area (Å²) in [7, 11) is -0.848. The molecule has 1 atom stereocenters. The number of aromatic carboxylic acids is 1. The van der Waals surface area contributed by atoms with Gasteiger partial charge in [0.15, 0.2) is 0 Å². The maximum absolute atomic E-state index is 12.3. The zero-order valence-electron chi connectivity index (χ0n) is 11.4. The average Bonchev–Trinajstić information content (AvgIpc) is 2.83. The van der Waals surface area contributed by atoms with Gasteiger partial charge in [0.25, 0.3) is 0 Å². The molecule has 0 saturated carbocycles. The SMILES string of the molecule is Cc1cc([SH]2CCN=C2CCC(F)(F)F)ccc1C(=O)O. The van der Waals surface area contributed by atoms with Gasteiger partial charge in [-0.1, -0.05) is 0 Å². The molecule has 3 nitrogen and oxygen atoms in total. The molecule has 1 heterocycles. The van der Waals surface area contributed by atoms with E-state index in [-0.39, 0.29) is 12.0 Å². The first-order valence-electron chi connectivity index (χ1n) is 6.49. The van der Waals surface area contributed by atoms with Gasteiger partial charge in [0, 0.05) is 25.1 Å². The van der Waals surface area contributed by atoms with E-state index in [1.54, 1.807) is 19.1 Å². The van der Waals surface area contributed by atoms with Crippen molar-refractivity contribution in [1.82, 2.24) is 0 Å². The maximum atomic E-state index is 12.3. The average molecular weight is 319 g/mol. The molecule has 0 saturated heterocycles. The van der Waals surface area contributed by atoms with Crippen LogP contribution in [0.25, 0.3) is 0 Å². The summed E-state index contributed by atoms with van der Waals surface area (Å²) in [5, 5.41) is 9.63. The van der Waals surface area contributed by atoms with E-state index < -0.39 is 29.5 Å². The van der Waals surface area contributed by atoms with Crippen LogP contribution in [-0.2, 0) is 0 Å². The summed E-state index contributed by atoms with van der Waals surface area (Å²) in [6.07, 6.45) is -5.08. The molecule has 0 spiro atoms. The molecule has 2 rings (SSSR count). The number of carboxylic acid groups (broad SMARTS) is 1. The molecule has 0 bridgehead atoms. The van der Waals surface area contributed by atoms with Crippen molar-refractivity contribution in [2.45, 2.75) is 30.8 Å². The largest absolute Gasteiger partial charge is 0.478 e. The van der Waals surface area contributed by atoms with Crippen LogP contribution in [0.15, 0.2) is 28.1 Å². The zero-order valence-corrected chi connectivity index (χ0v) is 12.3. The van der Waals surface area contributed by atoms with E-state index >= 15 is 0 Å². The van der Waals surface area contributed by atoms with Gasteiger partial charge in [-0.3, -0.25) is 4.99 Å². The standard InChI is InChI=1S/C14H16F3NO2S/c1-9-8-10(2-3-11(9)13(19)20)21-7-6-18-12(21)4-5-14(15,16)17/h2-3,8,21H,4-7H2,1H3,(H,19,20). The Labute approximate surface area is 123 Å². The topological polar surface area (TPSA) is 49.7 Å². The highest BCUT2D eigenvalue weighted by molar-refractivity contribution is 8.30. The molecule has 0 aliphatic carbocycles. The van der Waals surface area contributed by atoms with Crippen LogP contribution in [0.3, 0.4) is 0 Å². The highest BCUT2D eigenvalue weighted by Gasteiger charge is 2.30. The van der Waals surface area contributed by atoms with Crippen LogP contribution >= 0.6 is 10.9 Å². The van der Waals surface area contributed by atoms with Crippen molar-refractivity contribution in [2.24, 2.45) is 4.99 Å². The number of benzene rings is 1. The number of alkyl halides is 3. The fraction of sp³-hybridized carbons (Fsp3) is 0.429. The molecule has 0 radical (unpaired) electrons. The molecule has 0 aromatic heterocycles. The summed E-state index contributed by atoms with van der Waals surface area (Å²) in [6, 6.07) is 5.00. The van der Waals surface area contributed by atoms with E-state index in [9.17, 15) is 18.0 Å². The molecule has 1 aliphatic rings. The Balaban J connectivity index is 2.16. The van der Waals surface area contributed by atoms with Gasteiger partial charge < -0.3 is 5.11 Å². The van der Waals surface area contributed by atoms with Gasteiger partial charge in [0.2, 0.25) is 0 Å². The summed E-state index contributed by atoms with van der Waals surface area (Å²) in [5.41, 5.74) is 0.853. The lowest BCUT2D eigenvalue weighted by atomic mass is 10.1. The van der Waals surface area contributed by atoms with Crippen molar-refractivity contribution < 1.29 is 23.1 Å². The van der Waals surface area contributed by atoms with Crippen LogP contribution < -0.4 is 0 Å². The zero-order chi connectivity index (χ0) is 15.6. The molecule has 116 valence electrons. The van der Waals surface area contributed by atoms with Crippen LogP contribution in [0, 0.1) is 6.92 Å². The number of rotatable bonds is 4. The number of thiol groups is 1. The molecule has 0 amide bonds. The van der Waals surface area contributed by atoms with Gasteiger partial charge >= 0.3 is 12.1 Å². The molecule has 1 aliphatic heterocycles. The highest BCUT2D eigenvalue weighted by Crippen LogP contribution is 2.43. The predicted molar refractivity (Wildman–Crippen MR) is 77.8 cm³/mol. The van der Waals surface area contributed by atoms with E-state index in [1.807, 2.05) is 0 Å². The monoisotopic (exact) mass is 319 g/mol. The van der Waals surface area contributed by atoms with Gasteiger partial charge in [0.1, 0.15) is 0 Å². The highest BCUT2D eigenvalue weighted by atomic mass is 32.2. The Morgan fingerprint density at radius 2 is 2.14 bits per heavy atom. The second kappa shape index (κ2) is 6.09. The third kappa shape index (κ3) is 4.00. The molecular formula is C14H16F3NO2S. The molecule has 1 aromatic rings. The van der Waals surface area contributed by atoms with Gasteiger partial charge in [-0.15, -0.1) is 0 Å². The Morgan fingerprint density at radius 1 is 1.43 bits per heavy atom. The van der Waals surface area contributed by atoms with Crippen molar-refractivity contribution in [3.63, 3.8) is 0 Å². The summed E-state index contributed by atoms with van der Waals surface area (Å²) < 4.78 is 37.0. The number of hydrogen-bond donors (Lipinski definition) is 2. The maximum Gasteiger partial charge on any atom is 0.389 e. The van der Waals surface area contributed by atoms with Crippen LogP contribution in [0.1, 0.15) is 28.8 Å². The minimum absolute atomic E-state index is 0.0606. The first kappa shape index (κ1) is 15.9. The fourth-order valence-electron chi connectivity index (χ4n) is 2.29. The summed E-state index contributed by atoms with van der Waals surface area (Å²) >= 11 is 0. The lowest BCUT2D eigenvalue weighted by Crippen LogP contribution is -2.10. The first-order valence-corrected chi connectivity index (χ1v) is 8.02. The van der Waals surface area contributed by atoms with E-state index in [0.717, 1.165) is 10.6 Å². The van der Waals surface area contributed by atoms with E-state index in [2.05, 4.69) is 4.99 Å². The predicted octanol–water partition coefficient (Wildman–Crippen LogP) is 3.81. The number of hydrogen-bond acceptors (Lipinski definition) is 2. The van der Waals surface area contributed by atoms with Crippen molar-refractivity contribution >= 4 is 21.9 Å². The number of carboxylic acids is 1. The van der Waals surface area contributed by atoms with E-state index in [4.69, 9.17) is 5.11 Å². The number of aryl methyl sites for hydroxylation is 1. The Morgan fingerprint density at radius 3 is 2.71 bits per heavy atom. The number of halogens is 3. The van der Waals surface area contributed by atoms with Crippen LogP contribution in [-0.4, -0.2) is 34.6 Å². The molecule has 21 heavy (non-hydrogen) atoms. The van der Waals surface area contributed by atoms with Gasteiger partial charge in [-0.2, -0.15) is 24.1 Å². The molecule has 1 aromatic carbocycles. The van der Waals surface area contributed by atoms with E-state index in [1.165, 1.54) is 6.07 Å². The van der Waals surface area contributed by atoms with Gasteiger partial charge in [0.05, 0.1) is 10.6 Å². The fourth-order valence-corrected chi connectivity index (χ4v) is 4.67. The van der Waals surface area contributed by atoms with Crippen molar-refractivity contribution in [3.8, 4) is 0 Å². The van der Waals surface area contributed by atoms with Gasteiger partial charge in [-0.25, -0.2) is 4.79 Å². The summed E-state index contributed by atoms with van der Waals surface area (Å²) in [5.74, 6) is -0.252. The lowest BCUT2D eigenvalue weighted by Gasteiger charge is -2.19. The Hall–Kier alpha value is -1.50. The molecule has 1 N–H and O–H groups in total. The van der Waals surface area contributed by atoms with Crippen molar-refractivity contribution in [3.05, 3.63) is 29.3 Å². The second-order valence-electron chi connectivity index (χ2n) is 4.87. The number of nitrogens with zero attached hydrogens (tertiary/aromatic N) is 1. The third-order valence-electron chi connectivity index (χ3n) is 3.31. The van der Waals surface area contributed by atoms with E-state index in [0.29, 0.717) is 17.2 Å². The summed E-state index contributed by atoms with van der Waals surface area (Å²) in [4.78, 5) is 16.1. The van der Waals surface area contributed by atoms with Crippen LogP contribution in [0.4, 0.5) is 13.2 Å². The molecule has 1 unspecified atom stereocenters. The van der Waals surface area contributed by atoms with Crippen molar-refractivity contribution in [2.75, 3.05) is 12.3 Å². The smallest absolute Gasteiger partial charge is 0.389 e. The first-order chi connectivity index (χ1) is 9.78. The Kier molecular flexibility index (Phi) is 4.61. The molecule has 0 fully saturated rings. The van der Waals surface area contributed by atoms with Crippen LogP contribution in [0.2, 0.25) is 0 Å². The molecule has 7 heteroatoms. The minimum Gasteiger partial charge on any atom is -0.478 e. The Bertz CT molecular complexity index is 584.